The molecule has 4 nitrogen and oxygen atoms in total. The van der Waals surface area contributed by atoms with Gasteiger partial charge in [0.25, 0.3) is 0 Å². The van der Waals surface area contributed by atoms with Crippen molar-refractivity contribution in [3.8, 4) is 21.3 Å². The van der Waals surface area contributed by atoms with Crippen LogP contribution in [0.25, 0.3) is 50.8 Å². The minimum Gasteiger partial charge on any atom is -0.492 e. The van der Waals surface area contributed by atoms with Gasteiger partial charge in [0.05, 0.1) is 34.1 Å². The Morgan fingerprint density at radius 1 is 0.516 bits per heavy atom. The molecule has 4 heterocycles. The molecule has 6 aromatic rings. The van der Waals surface area contributed by atoms with Gasteiger partial charge in [0.1, 0.15) is 16.4 Å². The molecule has 9 heteroatoms. The topological polar surface area (TPSA) is 44.8 Å². The van der Waals surface area contributed by atoms with Gasteiger partial charge in [-0.15, -0.1) is 45.3 Å². The second-order valence-electron chi connectivity index (χ2n) is 18.2. The lowest BCUT2D eigenvalue weighted by Gasteiger charge is -2.16. The molecule has 2 aromatic carbocycles. The minimum atomic E-state index is -0.545. The average molecular weight is 949 g/mol. The molecule has 64 heavy (non-hydrogen) atoms. The Bertz CT molecular complexity index is 2230. The van der Waals surface area contributed by atoms with E-state index in [0.29, 0.717) is 25.2 Å². The van der Waals surface area contributed by atoms with E-state index in [2.05, 4.69) is 52.0 Å². The number of thiophene rings is 4. The maximum Gasteiger partial charge on any atom is 0.351 e. The van der Waals surface area contributed by atoms with Gasteiger partial charge < -0.3 is 14.2 Å². The van der Waals surface area contributed by atoms with Gasteiger partial charge in [-0.3, -0.25) is 0 Å². The normalized spacial score (nSPS) is 11.9. The van der Waals surface area contributed by atoms with Crippen LogP contribution in [0.5, 0.6) is 11.5 Å². The molecule has 6 rings (SSSR count). The largest absolute Gasteiger partial charge is 0.492 e. The Labute approximate surface area is 400 Å². The number of benzene rings is 2. The molecule has 0 amide bonds. The summed E-state index contributed by atoms with van der Waals surface area (Å²) >= 11 is 6.34. The van der Waals surface area contributed by atoms with E-state index in [1.807, 2.05) is 6.92 Å². The first-order chi connectivity index (χ1) is 31.4. The zero-order chi connectivity index (χ0) is 45.1. The lowest BCUT2D eigenvalue weighted by Crippen LogP contribution is -2.06. The fraction of sp³-hybridized carbons (Fsp3) is 0.618. The number of unbranched alkanes of at least 4 members (excludes halogenated alkanes) is 23. The fourth-order valence-electron chi connectivity index (χ4n) is 9.05. The van der Waals surface area contributed by atoms with Gasteiger partial charge in [0.15, 0.2) is 5.82 Å². The van der Waals surface area contributed by atoms with Crippen LogP contribution in [0.15, 0.2) is 24.3 Å². The van der Waals surface area contributed by atoms with Crippen molar-refractivity contribution in [3.05, 3.63) is 44.7 Å². The smallest absolute Gasteiger partial charge is 0.351 e. The van der Waals surface area contributed by atoms with Gasteiger partial charge in [-0.05, 0) is 62.8 Å². The Morgan fingerprint density at radius 2 is 1.02 bits per heavy atom. The molecule has 0 spiro atoms. The molecule has 0 atom stereocenters. The van der Waals surface area contributed by atoms with E-state index in [4.69, 9.17) is 14.2 Å². The van der Waals surface area contributed by atoms with Gasteiger partial charge in [-0.25, -0.2) is 9.18 Å². The highest BCUT2D eigenvalue weighted by atomic mass is 32.1. The van der Waals surface area contributed by atoms with Crippen molar-refractivity contribution in [1.82, 2.24) is 0 Å². The van der Waals surface area contributed by atoms with Gasteiger partial charge in [-0.2, -0.15) is 0 Å². The first-order valence-corrected chi connectivity index (χ1v) is 28.7. The van der Waals surface area contributed by atoms with Crippen LogP contribution in [0, 0.1) is 19.7 Å². The zero-order valence-electron chi connectivity index (χ0n) is 40.0. The van der Waals surface area contributed by atoms with Crippen LogP contribution >= 0.6 is 45.3 Å². The standard InChI is InChI=1S/C55H77FO4S4/c1-6-9-12-15-18-20-22-24-27-29-32-58-49-43-38-45-41(36-42(43)50(52-44(49)35-39(4)61-52)59-33-30-28-25-23-21-19-16-13-10-7-2)37-46(63-45)53-47-48(56)54(64-51(47)40(5)62-53)55(57)60-34-31-26-17-14-11-8-3/h35-38H,6-34H2,1-5H3. The number of aryl methyl sites for hydroxylation is 2. The van der Waals surface area contributed by atoms with Crippen molar-refractivity contribution < 1.29 is 23.4 Å². The van der Waals surface area contributed by atoms with Crippen LogP contribution in [0.3, 0.4) is 0 Å². The number of ether oxygens (including phenoxy) is 3. The molecule has 352 valence electrons. The molecule has 0 saturated heterocycles. The van der Waals surface area contributed by atoms with Crippen molar-refractivity contribution >= 4 is 92.3 Å². The molecule has 0 aliphatic rings. The predicted molar refractivity (Wildman–Crippen MR) is 281 cm³/mol. The average Bonchev–Trinajstić information content (AvgIpc) is 4.06. The lowest BCUT2D eigenvalue weighted by atomic mass is 10.0. The van der Waals surface area contributed by atoms with E-state index in [9.17, 15) is 4.79 Å². The third-order valence-electron chi connectivity index (χ3n) is 12.7. The SMILES string of the molecule is CCCCCCCCCCCCOc1c2cc3sc(-c4sc(C)c5sc(C(=O)OCCCCCCCC)c(F)c45)cc3cc2c(OCCCCCCCCCCCC)c2sc(C)cc12. The van der Waals surface area contributed by atoms with Crippen molar-refractivity contribution in [1.29, 1.82) is 0 Å². The van der Waals surface area contributed by atoms with Crippen molar-refractivity contribution in [3.63, 3.8) is 0 Å². The first kappa shape index (κ1) is 50.7. The summed E-state index contributed by atoms with van der Waals surface area (Å²) in [4.78, 5) is 17.4. The monoisotopic (exact) mass is 948 g/mol. The second kappa shape index (κ2) is 27.2. The molecule has 4 aromatic heterocycles. The highest BCUT2D eigenvalue weighted by molar-refractivity contribution is 7.30. The number of carbonyl (C=O) groups is 1. The molecular formula is C55H77FO4S4. The molecule has 0 unspecified atom stereocenters. The van der Waals surface area contributed by atoms with Crippen molar-refractivity contribution in [2.24, 2.45) is 0 Å². The summed E-state index contributed by atoms with van der Waals surface area (Å²) in [6.45, 7) is 12.7. The molecule has 0 bridgehead atoms. The van der Waals surface area contributed by atoms with Crippen LogP contribution in [0.4, 0.5) is 4.39 Å². The van der Waals surface area contributed by atoms with E-state index in [-0.39, 0.29) is 4.88 Å². The molecule has 0 radical (unpaired) electrons. The molecular weight excluding hydrogens is 872 g/mol. The number of halogens is 1. The highest BCUT2D eigenvalue weighted by Crippen LogP contribution is 2.51. The van der Waals surface area contributed by atoms with Crippen LogP contribution < -0.4 is 9.47 Å². The summed E-state index contributed by atoms with van der Waals surface area (Å²) in [7, 11) is 0. The second-order valence-corrected chi connectivity index (χ2v) is 22.8. The summed E-state index contributed by atoms with van der Waals surface area (Å²) in [5, 5.41) is 4.97. The van der Waals surface area contributed by atoms with E-state index in [1.165, 1.54) is 151 Å². The Hall–Kier alpha value is -2.72. The third kappa shape index (κ3) is 13.9. The molecule has 0 aliphatic carbocycles. The summed E-state index contributed by atoms with van der Waals surface area (Å²) in [5.74, 6) is 0.921. The van der Waals surface area contributed by atoms with Crippen LogP contribution in [0.1, 0.15) is 207 Å². The van der Waals surface area contributed by atoms with Crippen molar-refractivity contribution in [2.75, 3.05) is 19.8 Å². The molecule has 0 aliphatic heterocycles. The Balaban J connectivity index is 1.22. The van der Waals surface area contributed by atoms with Crippen LogP contribution in [0.2, 0.25) is 0 Å². The number of hydrogen-bond donors (Lipinski definition) is 0. The molecule has 0 saturated carbocycles. The molecule has 0 fully saturated rings. The number of esters is 1. The van der Waals surface area contributed by atoms with Crippen LogP contribution in [-0.4, -0.2) is 25.8 Å². The highest BCUT2D eigenvalue weighted by Gasteiger charge is 2.27. The first-order valence-electron chi connectivity index (χ1n) is 25.4. The summed E-state index contributed by atoms with van der Waals surface area (Å²) < 4.78 is 38.8. The van der Waals surface area contributed by atoms with Gasteiger partial charge in [0, 0.05) is 40.9 Å². The van der Waals surface area contributed by atoms with Gasteiger partial charge in [-0.1, -0.05) is 168 Å². The maximum atomic E-state index is 16.4. The minimum absolute atomic E-state index is 0.0868. The Morgan fingerprint density at radius 3 is 1.58 bits per heavy atom. The zero-order valence-corrected chi connectivity index (χ0v) is 43.2. The van der Waals surface area contributed by atoms with E-state index >= 15 is 4.39 Å². The van der Waals surface area contributed by atoms with E-state index in [0.717, 1.165) is 93.9 Å². The summed E-state index contributed by atoms with van der Waals surface area (Å²) in [6, 6.07) is 9.07. The molecule has 0 N–H and O–H groups in total. The fourth-order valence-corrected chi connectivity index (χ4v) is 13.6. The van der Waals surface area contributed by atoms with Crippen LogP contribution in [-0.2, 0) is 4.74 Å². The summed E-state index contributed by atoms with van der Waals surface area (Å²) in [6.07, 6.45) is 32.4. The van der Waals surface area contributed by atoms with Crippen molar-refractivity contribution in [2.45, 2.75) is 202 Å². The van der Waals surface area contributed by atoms with Gasteiger partial charge in [0.2, 0.25) is 0 Å². The number of hydrogen-bond acceptors (Lipinski definition) is 8. The Kier molecular flexibility index (Phi) is 21.5. The lowest BCUT2D eigenvalue weighted by molar-refractivity contribution is 0.0499. The van der Waals surface area contributed by atoms with E-state index < -0.39 is 11.8 Å². The third-order valence-corrected chi connectivity index (χ3v) is 17.6. The number of rotatable bonds is 33. The summed E-state index contributed by atoms with van der Waals surface area (Å²) in [5.41, 5.74) is 0. The van der Waals surface area contributed by atoms with Gasteiger partial charge >= 0.3 is 5.97 Å². The number of fused-ring (bicyclic) bond motifs is 4. The van der Waals surface area contributed by atoms with E-state index in [1.54, 1.807) is 34.0 Å². The maximum absolute atomic E-state index is 16.4. The quantitative estimate of drug-likeness (QED) is 0.0305. The number of carbonyl (C=O) groups excluding carboxylic acids is 1. The predicted octanol–water partition coefficient (Wildman–Crippen LogP) is 20.1.